The quantitative estimate of drug-likeness (QED) is 0.666. The Balaban J connectivity index is 2.57. The summed E-state index contributed by atoms with van der Waals surface area (Å²) in [6.07, 6.45) is -5.29. The molecule has 6 nitrogen and oxygen atoms in total. The van der Waals surface area contributed by atoms with Crippen LogP contribution >= 0.6 is 15.9 Å². The monoisotopic (exact) mass is 410 g/mol. The second-order valence-corrected chi connectivity index (χ2v) is 6.04. The zero-order chi connectivity index (χ0) is 18.1. The van der Waals surface area contributed by atoms with Gasteiger partial charge in [-0.2, -0.15) is 13.2 Å². The van der Waals surface area contributed by atoms with Gasteiger partial charge >= 0.3 is 18.2 Å². The smallest absolute Gasteiger partial charge is 0.437 e. The second kappa shape index (κ2) is 6.60. The second-order valence-electron chi connectivity index (χ2n) is 5.12. The fraction of sp³-hybridized carbons (Fsp3) is 0.429. The molecule has 1 fully saturated rings. The van der Waals surface area contributed by atoms with Crippen LogP contribution in [0, 0.1) is 5.92 Å². The molecular formula is C14H14BrF3N2O4. The summed E-state index contributed by atoms with van der Waals surface area (Å²) >= 11 is 3.17. The van der Waals surface area contributed by atoms with Crippen molar-refractivity contribution in [3.63, 3.8) is 0 Å². The third-order valence-corrected chi connectivity index (χ3v) is 4.05. The van der Waals surface area contributed by atoms with Crippen LogP contribution in [0.4, 0.5) is 18.0 Å². The number of nitrogens with one attached hydrogen (secondary N) is 2. The standard InChI is InChI=1S/C14H14BrF3N2O4/c1-2-24-11(21)9-10(7-4-3-5-8(15)6-7)19-12(22)20-13(9,23)14(16,17)18/h3-6,9-10,23H,2H2,1H3,(H2,19,20,22)/t9-,10-,13-/m0/s1. The van der Waals surface area contributed by atoms with Crippen molar-refractivity contribution in [3.8, 4) is 0 Å². The summed E-state index contributed by atoms with van der Waals surface area (Å²) in [6, 6.07) is 3.36. The van der Waals surface area contributed by atoms with Crippen molar-refractivity contribution in [2.45, 2.75) is 24.9 Å². The highest BCUT2D eigenvalue weighted by molar-refractivity contribution is 9.10. The van der Waals surface area contributed by atoms with Crippen molar-refractivity contribution in [1.29, 1.82) is 0 Å². The first-order chi connectivity index (χ1) is 11.1. The minimum absolute atomic E-state index is 0.178. The molecule has 3 N–H and O–H groups in total. The first-order valence-corrected chi connectivity index (χ1v) is 7.69. The molecule has 0 aliphatic carbocycles. The summed E-state index contributed by atoms with van der Waals surface area (Å²) in [6.45, 7) is 1.25. The Kier molecular flexibility index (Phi) is 5.09. The highest BCUT2D eigenvalue weighted by Gasteiger charge is 2.67. The molecule has 0 bridgehead atoms. The first-order valence-electron chi connectivity index (χ1n) is 6.90. The summed E-state index contributed by atoms with van der Waals surface area (Å²) in [7, 11) is 0. The number of carbonyl (C=O) groups excluding carboxylic acids is 2. The largest absolute Gasteiger partial charge is 0.466 e. The number of hydrogen-bond acceptors (Lipinski definition) is 4. The van der Waals surface area contributed by atoms with Gasteiger partial charge in [0.05, 0.1) is 12.6 Å². The molecule has 2 rings (SSSR count). The maximum absolute atomic E-state index is 13.4. The SMILES string of the molecule is CCOC(=O)[C@@H]1[C@H](c2cccc(Br)c2)NC(=O)N[C@@]1(O)C(F)(F)F. The Morgan fingerprint density at radius 3 is 2.67 bits per heavy atom. The Morgan fingerprint density at radius 1 is 1.46 bits per heavy atom. The average molecular weight is 411 g/mol. The molecule has 1 aromatic rings. The summed E-state index contributed by atoms with van der Waals surface area (Å²) in [5.74, 6) is -3.40. The third-order valence-electron chi connectivity index (χ3n) is 3.55. The fourth-order valence-electron chi connectivity index (χ4n) is 2.51. The lowest BCUT2D eigenvalue weighted by Gasteiger charge is -2.44. The van der Waals surface area contributed by atoms with Gasteiger partial charge in [0.25, 0.3) is 5.72 Å². The normalized spacial score (nSPS) is 27.2. The Morgan fingerprint density at radius 2 is 2.12 bits per heavy atom. The fourth-order valence-corrected chi connectivity index (χ4v) is 2.93. The number of hydrogen-bond donors (Lipinski definition) is 3. The number of benzene rings is 1. The van der Waals surface area contributed by atoms with E-state index in [1.54, 1.807) is 6.07 Å². The van der Waals surface area contributed by atoms with Crippen LogP contribution < -0.4 is 10.6 Å². The minimum Gasteiger partial charge on any atom is -0.466 e. The minimum atomic E-state index is -5.29. The number of urea groups is 1. The topological polar surface area (TPSA) is 87.7 Å². The van der Waals surface area contributed by atoms with Gasteiger partial charge in [0.15, 0.2) is 0 Å². The van der Waals surface area contributed by atoms with Crippen LogP contribution in [-0.4, -0.2) is 35.6 Å². The molecule has 132 valence electrons. The Bertz CT molecular complexity index is 655. The van der Waals surface area contributed by atoms with Gasteiger partial charge < -0.3 is 20.5 Å². The van der Waals surface area contributed by atoms with Crippen molar-refractivity contribution >= 4 is 27.9 Å². The predicted molar refractivity (Wildman–Crippen MR) is 79.7 cm³/mol. The zero-order valence-electron chi connectivity index (χ0n) is 12.4. The van der Waals surface area contributed by atoms with E-state index in [0.29, 0.717) is 4.47 Å². The van der Waals surface area contributed by atoms with Gasteiger partial charge in [0, 0.05) is 4.47 Å². The molecule has 1 aliphatic rings. The van der Waals surface area contributed by atoms with Crippen LogP contribution in [0.25, 0.3) is 0 Å². The van der Waals surface area contributed by atoms with Crippen molar-refractivity contribution in [1.82, 2.24) is 10.6 Å². The lowest BCUT2D eigenvalue weighted by Crippen LogP contribution is -2.73. The summed E-state index contributed by atoms with van der Waals surface area (Å²) in [4.78, 5) is 23.8. The van der Waals surface area contributed by atoms with Gasteiger partial charge in [-0.15, -0.1) is 0 Å². The number of halogens is 4. The van der Waals surface area contributed by atoms with E-state index in [0.717, 1.165) is 0 Å². The van der Waals surface area contributed by atoms with E-state index in [1.165, 1.54) is 30.4 Å². The first kappa shape index (κ1) is 18.5. The lowest BCUT2D eigenvalue weighted by molar-refractivity contribution is -0.294. The Labute approximate surface area is 143 Å². The highest BCUT2D eigenvalue weighted by atomic mass is 79.9. The molecule has 0 unspecified atom stereocenters. The molecule has 2 amide bonds. The molecule has 0 radical (unpaired) electrons. The molecule has 1 saturated heterocycles. The molecule has 0 saturated carbocycles. The van der Waals surface area contributed by atoms with Crippen molar-refractivity contribution in [2.75, 3.05) is 6.61 Å². The maximum Gasteiger partial charge on any atom is 0.437 e. The van der Waals surface area contributed by atoms with Crippen LogP contribution in [0.15, 0.2) is 28.7 Å². The van der Waals surface area contributed by atoms with E-state index in [9.17, 15) is 27.9 Å². The number of rotatable bonds is 3. The molecule has 10 heteroatoms. The predicted octanol–water partition coefficient (Wildman–Crippen LogP) is 2.23. The average Bonchev–Trinajstić information content (AvgIpc) is 2.45. The number of carbonyl (C=O) groups is 2. The van der Waals surface area contributed by atoms with Gasteiger partial charge in [0.2, 0.25) is 0 Å². The molecule has 1 aliphatic heterocycles. The number of amides is 2. The van der Waals surface area contributed by atoms with Crippen LogP contribution in [0.1, 0.15) is 18.5 Å². The highest BCUT2D eigenvalue weighted by Crippen LogP contribution is 2.43. The lowest BCUT2D eigenvalue weighted by atomic mass is 9.82. The van der Waals surface area contributed by atoms with E-state index in [-0.39, 0.29) is 12.2 Å². The van der Waals surface area contributed by atoms with Gasteiger partial charge in [-0.25, -0.2) is 4.79 Å². The summed E-state index contributed by atoms with van der Waals surface area (Å²) in [5, 5.41) is 13.8. The van der Waals surface area contributed by atoms with E-state index in [4.69, 9.17) is 0 Å². The van der Waals surface area contributed by atoms with Crippen LogP contribution in [-0.2, 0) is 9.53 Å². The maximum atomic E-state index is 13.4. The van der Waals surface area contributed by atoms with Crippen molar-refractivity contribution in [3.05, 3.63) is 34.3 Å². The van der Waals surface area contributed by atoms with Gasteiger partial charge in [-0.05, 0) is 24.6 Å². The summed E-state index contributed by atoms with van der Waals surface area (Å²) in [5.41, 5.74) is -3.55. The molecule has 0 aromatic heterocycles. The number of alkyl halides is 3. The molecule has 24 heavy (non-hydrogen) atoms. The van der Waals surface area contributed by atoms with Crippen LogP contribution in [0.5, 0.6) is 0 Å². The van der Waals surface area contributed by atoms with Gasteiger partial charge in [0.1, 0.15) is 5.92 Å². The van der Waals surface area contributed by atoms with E-state index in [2.05, 4.69) is 26.0 Å². The van der Waals surface area contributed by atoms with E-state index >= 15 is 0 Å². The summed E-state index contributed by atoms with van der Waals surface area (Å²) < 4.78 is 45.4. The van der Waals surface area contributed by atoms with Gasteiger partial charge in [-0.1, -0.05) is 28.1 Å². The number of esters is 1. The third kappa shape index (κ3) is 3.34. The van der Waals surface area contributed by atoms with E-state index < -0.39 is 35.9 Å². The Hall–Kier alpha value is -1.81. The van der Waals surface area contributed by atoms with E-state index in [1.807, 2.05) is 0 Å². The molecule has 3 atom stereocenters. The van der Waals surface area contributed by atoms with Crippen LogP contribution in [0.2, 0.25) is 0 Å². The molecular weight excluding hydrogens is 397 g/mol. The zero-order valence-corrected chi connectivity index (χ0v) is 13.9. The number of ether oxygens (including phenoxy) is 1. The molecule has 1 aromatic carbocycles. The molecule has 0 spiro atoms. The van der Waals surface area contributed by atoms with Gasteiger partial charge in [-0.3, -0.25) is 4.79 Å². The van der Waals surface area contributed by atoms with Crippen LogP contribution in [0.3, 0.4) is 0 Å². The van der Waals surface area contributed by atoms with Crippen molar-refractivity contribution in [2.24, 2.45) is 5.92 Å². The van der Waals surface area contributed by atoms with Crippen molar-refractivity contribution < 1.29 is 32.6 Å². The molecule has 1 heterocycles. The number of aliphatic hydroxyl groups is 1.